The highest BCUT2D eigenvalue weighted by atomic mass is 16.3. The highest BCUT2D eigenvalue weighted by Gasteiger charge is 2.32. The minimum absolute atomic E-state index is 0.205. The predicted molar refractivity (Wildman–Crippen MR) is 54.2 cm³/mol. The quantitative estimate of drug-likeness (QED) is 0.752. The minimum Gasteiger partial charge on any atom is -0.391 e. The Kier molecular flexibility index (Phi) is 2.37. The first kappa shape index (κ1) is 9.40. The molecular formula is C10H15N3O. The van der Waals surface area contributed by atoms with Crippen LogP contribution in [0.15, 0.2) is 12.1 Å². The molecule has 1 aromatic heterocycles. The zero-order valence-electron chi connectivity index (χ0n) is 8.51. The van der Waals surface area contributed by atoms with E-state index in [2.05, 4.69) is 10.2 Å². The van der Waals surface area contributed by atoms with Gasteiger partial charge in [0.2, 0.25) is 0 Å². The van der Waals surface area contributed by atoms with Crippen LogP contribution in [0.2, 0.25) is 0 Å². The molecule has 0 spiro atoms. The monoisotopic (exact) mass is 193 g/mol. The lowest BCUT2D eigenvalue weighted by atomic mass is 9.88. The number of nitrogens with zero attached hydrogens (tertiary/aromatic N) is 3. The number of anilines is 1. The molecule has 1 aromatic rings. The van der Waals surface area contributed by atoms with Gasteiger partial charge in [0.25, 0.3) is 0 Å². The van der Waals surface area contributed by atoms with Crippen LogP contribution in [0.1, 0.15) is 18.5 Å². The molecule has 1 heterocycles. The molecule has 1 saturated carbocycles. The van der Waals surface area contributed by atoms with Gasteiger partial charge in [0.1, 0.15) is 0 Å². The topological polar surface area (TPSA) is 49.2 Å². The maximum Gasteiger partial charge on any atom is 0.151 e. The predicted octanol–water partition coefficient (Wildman–Crippen LogP) is 0.745. The number of aryl methyl sites for hydroxylation is 1. The fourth-order valence-corrected chi connectivity index (χ4v) is 1.67. The lowest BCUT2D eigenvalue weighted by molar-refractivity contribution is 0.0665. The standard InChI is InChI=1S/C10H15N3O/c1-7-3-6-10(12-11-7)13(2)8-4-5-9(8)14/h3,6,8-9,14H,4-5H2,1-2H3. The number of aliphatic hydroxyl groups excluding tert-OH is 1. The van der Waals surface area contributed by atoms with Crippen LogP contribution in [0.3, 0.4) is 0 Å². The third-order valence-corrected chi connectivity index (χ3v) is 2.84. The van der Waals surface area contributed by atoms with Gasteiger partial charge in [0, 0.05) is 7.05 Å². The van der Waals surface area contributed by atoms with Crippen LogP contribution < -0.4 is 4.90 Å². The Morgan fingerprint density at radius 3 is 2.57 bits per heavy atom. The van der Waals surface area contributed by atoms with Gasteiger partial charge in [-0.2, -0.15) is 5.10 Å². The molecule has 2 rings (SSSR count). The lowest BCUT2D eigenvalue weighted by Gasteiger charge is -2.39. The number of hydrogen-bond acceptors (Lipinski definition) is 4. The summed E-state index contributed by atoms with van der Waals surface area (Å²) in [5.41, 5.74) is 0.913. The van der Waals surface area contributed by atoms with Gasteiger partial charge in [-0.1, -0.05) is 0 Å². The second-order valence-corrected chi connectivity index (χ2v) is 3.86. The van der Waals surface area contributed by atoms with E-state index in [1.165, 1.54) is 0 Å². The summed E-state index contributed by atoms with van der Waals surface area (Å²) in [6.07, 6.45) is 1.73. The highest BCUT2D eigenvalue weighted by molar-refractivity contribution is 5.38. The molecular weight excluding hydrogens is 178 g/mol. The number of aliphatic hydroxyl groups is 1. The van der Waals surface area contributed by atoms with E-state index in [1.54, 1.807) is 0 Å². The van der Waals surface area contributed by atoms with Gasteiger partial charge < -0.3 is 10.0 Å². The summed E-state index contributed by atoms with van der Waals surface area (Å²) in [5, 5.41) is 17.6. The van der Waals surface area contributed by atoms with Crippen molar-refractivity contribution in [1.29, 1.82) is 0 Å². The van der Waals surface area contributed by atoms with E-state index < -0.39 is 0 Å². The first-order valence-corrected chi connectivity index (χ1v) is 4.89. The minimum atomic E-state index is -0.205. The van der Waals surface area contributed by atoms with Crippen LogP contribution in [0.5, 0.6) is 0 Å². The van der Waals surface area contributed by atoms with Crippen molar-refractivity contribution in [2.75, 3.05) is 11.9 Å². The molecule has 1 aliphatic carbocycles. The van der Waals surface area contributed by atoms with Crippen LogP contribution in [-0.4, -0.2) is 34.5 Å². The normalized spacial score (nSPS) is 25.6. The first-order valence-electron chi connectivity index (χ1n) is 4.89. The summed E-state index contributed by atoms with van der Waals surface area (Å²) >= 11 is 0. The van der Waals surface area contributed by atoms with E-state index in [1.807, 2.05) is 31.0 Å². The highest BCUT2D eigenvalue weighted by Crippen LogP contribution is 2.27. The van der Waals surface area contributed by atoms with Crippen LogP contribution >= 0.6 is 0 Å². The Balaban J connectivity index is 2.10. The van der Waals surface area contributed by atoms with E-state index in [-0.39, 0.29) is 12.1 Å². The summed E-state index contributed by atoms with van der Waals surface area (Å²) < 4.78 is 0. The van der Waals surface area contributed by atoms with Gasteiger partial charge in [-0.15, -0.1) is 5.10 Å². The summed E-state index contributed by atoms with van der Waals surface area (Å²) in [4.78, 5) is 2.00. The SMILES string of the molecule is Cc1ccc(N(C)C2CCC2O)nn1. The van der Waals surface area contributed by atoms with Crippen molar-refractivity contribution < 1.29 is 5.11 Å². The average molecular weight is 193 g/mol. The van der Waals surface area contributed by atoms with E-state index >= 15 is 0 Å². The Bertz CT molecular complexity index is 312. The second-order valence-electron chi connectivity index (χ2n) is 3.86. The third-order valence-electron chi connectivity index (χ3n) is 2.84. The number of aromatic nitrogens is 2. The van der Waals surface area contributed by atoms with Crippen LogP contribution in [0.25, 0.3) is 0 Å². The van der Waals surface area contributed by atoms with Crippen molar-refractivity contribution >= 4 is 5.82 Å². The Morgan fingerprint density at radius 2 is 2.14 bits per heavy atom. The molecule has 4 nitrogen and oxygen atoms in total. The van der Waals surface area contributed by atoms with Crippen molar-refractivity contribution in [2.45, 2.75) is 31.9 Å². The smallest absolute Gasteiger partial charge is 0.151 e. The molecule has 1 aliphatic rings. The molecule has 4 heteroatoms. The van der Waals surface area contributed by atoms with Crippen molar-refractivity contribution in [3.63, 3.8) is 0 Å². The molecule has 0 amide bonds. The summed E-state index contributed by atoms with van der Waals surface area (Å²) in [5.74, 6) is 0.833. The van der Waals surface area contributed by atoms with Gasteiger partial charge in [-0.3, -0.25) is 0 Å². The lowest BCUT2D eigenvalue weighted by Crippen LogP contribution is -2.49. The van der Waals surface area contributed by atoms with Crippen molar-refractivity contribution in [1.82, 2.24) is 10.2 Å². The van der Waals surface area contributed by atoms with Gasteiger partial charge in [-0.05, 0) is 31.9 Å². The fourth-order valence-electron chi connectivity index (χ4n) is 1.67. The Hall–Kier alpha value is -1.16. The van der Waals surface area contributed by atoms with Gasteiger partial charge in [0.05, 0.1) is 17.8 Å². The molecule has 1 N–H and O–H groups in total. The maximum atomic E-state index is 9.50. The van der Waals surface area contributed by atoms with Crippen LogP contribution in [-0.2, 0) is 0 Å². The van der Waals surface area contributed by atoms with Crippen molar-refractivity contribution in [3.8, 4) is 0 Å². The molecule has 0 saturated heterocycles. The van der Waals surface area contributed by atoms with E-state index in [4.69, 9.17) is 0 Å². The third kappa shape index (κ3) is 1.57. The van der Waals surface area contributed by atoms with Crippen molar-refractivity contribution in [2.24, 2.45) is 0 Å². The summed E-state index contributed by atoms with van der Waals surface area (Å²) in [6.45, 7) is 1.91. The zero-order chi connectivity index (χ0) is 10.1. The van der Waals surface area contributed by atoms with Gasteiger partial charge in [0.15, 0.2) is 5.82 Å². The molecule has 1 fully saturated rings. The summed E-state index contributed by atoms with van der Waals surface area (Å²) in [6, 6.07) is 4.09. The van der Waals surface area contributed by atoms with Gasteiger partial charge >= 0.3 is 0 Å². The Labute approximate surface area is 83.6 Å². The van der Waals surface area contributed by atoms with Crippen molar-refractivity contribution in [3.05, 3.63) is 17.8 Å². The molecule has 0 radical (unpaired) electrons. The molecule has 0 bridgehead atoms. The van der Waals surface area contributed by atoms with Crippen LogP contribution in [0, 0.1) is 6.92 Å². The molecule has 76 valence electrons. The second kappa shape index (κ2) is 3.53. The first-order chi connectivity index (χ1) is 6.68. The largest absolute Gasteiger partial charge is 0.391 e. The Morgan fingerprint density at radius 1 is 1.36 bits per heavy atom. The fraction of sp³-hybridized carbons (Fsp3) is 0.600. The number of rotatable bonds is 2. The maximum absolute atomic E-state index is 9.50. The summed E-state index contributed by atoms with van der Waals surface area (Å²) in [7, 11) is 1.95. The van der Waals surface area contributed by atoms with E-state index in [0.717, 1.165) is 24.4 Å². The van der Waals surface area contributed by atoms with Gasteiger partial charge in [-0.25, -0.2) is 0 Å². The molecule has 14 heavy (non-hydrogen) atoms. The van der Waals surface area contributed by atoms with E-state index in [9.17, 15) is 5.11 Å². The van der Waals surface area contributed by atoms with E-state index in [0.29, 0.717) is 0 Å². The zero-order valence-corrected chi connectivity index (χ0v) is 8.51. The number of likely N-dealkylation sites (N-methyl/N-ethyl adjacent to an activating group) is 1. The molecule has 2 unspecified atom stereocenters. The van der Waals surface area contributed by atoms with Crippen LogP contribution in [0.4, 0.5) is 5.82 Å². The molecule has 0 aromatic carbocycles. The number of hydrogen-bond donors (Lipinski definition) is 1. The average Bonchev–Trinajstić information content (AvgIpc) is 2.16. The molecule has 2 atom stereocenters. The molecule has 0 aliphatic heterocycles.